The largest absolute Gasteiger partial charge is 0.549 e. The first kappa shape index (κ1) is 10.5. The van der Waals surface area contributed by atoms with Crippen molar-refractivity contribution in [2.24, 2.45) is 0 Å². The number of carbonyl (C=O) groups is 1. The topological polar surface area (TPSA) is 83.3 Å². The quantitative estimate of drug-likeness (QED) is 0.410. The van der Waals surface area contributed by atoms with E-state index in [0.717, 1.165) is 11.8 Å². The van der Waals surface area contributed by atoms with Crippen LogP contribution in [-0.2, 0) is 4.79 Å². The third kappa shape index (κ3) is 3.06. The summed E-state index contributed by atoms with van der Waals surface area (Å²) in [7, 11) is 0. The van der Waals surface area contributed by atoms with Gasteiger partial charge in [0.2, 0.25) is 0 Å². The van der Waals surface area contributed by atoms with Gasteiger partial charge in [0.05, 0.1) is 10.9 Å². The highest BCUT2D eigenvalue weighted by molar-refractivity contribution is 8.00. The van der Waals surface area contributed by atoms with Crippen LogP contribution < -0.4 is 5.11 Å². The molecule has 14 heavy (non-hydrogen) atoms. The van der Waals surface area contributed by atoms with Crippen molar-refractivity contribution < 1.29 is 14.8 Å². The lowest BCUT2D eigenvalue weighted by Gasteiger charge is -2.01. The lowest BCUT2D eigenvalue weighted by atomic mass is 10.3. The second-order valence-corrected chi connectivity index (χ2v) is 3.46. The van der Waals surface area contributed by atoms with E-state index in [4.69, 9.17) is 0 Å². The van der Waals surface area contributed by atoms with E-state index in [0.29, 0.717) is 4.90 Å². The Labute approximate surface area is 83.9 Å². The number of hydrogen-bond acceptors (Lipinski definition) is 5. The molecule has 0 heterocycles. The van der Waals surface area contributed by atoms with Crippen LogP contribution in [0.25, 0.3) is 0 Å². The Morgan fingerprint density at radius 3 is 2.79 bits per heavy atom. The van der Waals surface area contributed by atoms with E-state index in [1.54, 1.807) is 6.07 Å². The minimum atomic E-state index is -1.19. The highest BCUT2D eigenvalue weighted by atomic mass is 32.2. The molecule has 0 amide bonds. The zero-order valence-electron chi connectivity index (χ0n) is 7.00. The van der Waals surface area contributed by atoms with Gasteiger partial charge in [0.1, 0.15) is 0 Å². The number of thioether (sulfide) groups is 1. The Morgan fingerprint density at radius 1 is 1.50 bits per heavy atom. The van der Waals surface area contributed by atoms with Crippen molar-refractivity contribution in [1.29, 1.82) is 0 Å². The molecule has 0 saturated heterocycles. The number of aliphatic carboxylic acids is 1. The summed E-state index contributed by atoms with van der Waals surface area (Å²) in [6.07, 6.45) is 0. The molecular weight excluding hydrogens is 206 g/mol. The Balaban J connectivity index is 2.73. The van der Waals surface area contributed by atoms with E-state index in [1.807, 2.05) is 0 Å². The Hall–Kier alpha value is -1.56. The SMILES string of the molecule is O=C([O-])CSc1cccc([N+](=O)[O-])c1. The van der Waals surface area contributed by atoms with E-state index in [9.17, 15) is 20.0 Å². The van der Waals surface area contributed by atoms with Gasteiger partial charge in [0.15, 0.2) is 0 Å². The predicted octanol–water partition coefficient (Wildman–Crippen LogP) is 0.437. The van der Waals surface area contributed by atoms with E-state index in [1.165, 1.54) is 18.2 Å². The molecule has 0 aliphatic heterocycles. The summed E-state index contributed by atoms with van der Waals surface area (Å²) in [5, 5.41) is 20.5. The second-order valence-electron chi connectivity index (χ2n) is 2.42. The number of nitrogens with zero attached hydrogens (tertiary/aromatic N) is 1. The zero-order chi connectivity index (χ0) is 10.6. The average Bonchev–Trinajstić information content (AvgIpc) is 2.15. The Morgan fingerprint density at radius 2 is 2.21 bits per heavy atom. The summed E-state index contributed by atoms with van der Waals surface area (Å²) in [4.78, 5) is 20.5. The van der Waals surface area contributed by atoms with Crippen LogP contribution in [0, 0.1) is 10.1 Å². The number of nitro benzene ring substituents is 1. The van der Waals surface area contributed by atoms with Gasteiger partial charge in [-0.1, -0.05) is 6.07 Å². The van der Waals surface area contributed by atoms with Crippen molar-refractivity contribution in [2.45, 2.75) is 4.90 Å². The molecule has 0 aromatic heterocycles. The highest BCUT2D eigenvalue weighted by Crippen LogP contribution is 2.22. The molecule has 5 nitrogen and oxygen atoms in total. The van der Waals surface area contributed by atoms with Crippen LogP contribution >= 0.6 is 11.8 Å². The van der Waals surface area contributed by atoms with Crippen LogP contribution in [0.1, 0.15) is 0 Å². The van der Waals surface area contributed by atoms with Gasteiger partial charge in [-0.3, -0.25) is 10.1 Å². The molecule has 6 heteroatoms. The number of carboxylic acids is 1. The monoisotopic (exact) mass is 212 g/mol. The van der Waals surface area contributed by atoms with Crippen molar-refractivity contribution in [3.05, 3.63) is 34.4 Å². The molecule has 74 valence electrons. The second kappa shape index (κ2) is 4.61. The summed E-state index contributed by atoms with van der Waals surface area (Å²) < 4.78 is 0. The number of carbonyl (C=O) groups excluding carboxylic acids is 1. The Kier molecular flexibility index (Phi) is 3.47. The molecule has 0 spiro atoms. The first-order valence-corrected chi connectivity index (χ1v) is 4.65. The van der Waals surface area contributed by atoms with Crippen LogP contribution in [-0.4, -0.2) is 16.6 Å². The number of benzene rings is 1. The molecule has 0 fully saturated rings. The summed E-state index contributed by atoms with van der Waals surface area (Å²) in [5.41, 5.74) is -0.0478. The average molecular weight is 212 g/mol. The molecule has 0 unspecified atom stereocenters. The number of non-ortho nitro benzene ring substituents is 1. The standard InChI is InChI=1S/C8H7NO4S/c10-8(11)5-14-7-3-1-2-6(4-7)9(12)13/h1-4H,5H2,(H,10,11)/p-1. The zero-order valence-corrected chi connectivity index (χ0v) is 7.82. The third-order valence-corrected chi connectivity index (χ3v) is 2.35. The molecule has 0 atom stereocenters. The van der Waals surface area contributed by atoms with E-state index in [-0.39, 0.29) is 11.4 Å². The van der Waals surface area contributed by atoms with Crippen molar-refractivity contribution in [2.75, 3.05) is 5.75 Å². The van der Waals surface area contributed by atoms with Crippen molar-refractivity contribution >= 4 is 23.4 Å². The normalized spacial score (nSPS) is 9.71. The number of nitro groups is 1. The smallest absolute Gasteiger partial charge is 0.270 e. The van der Waals surface area contributed by atoms with Crippen molar-refractivity contribution in [1.82, 2.24) is 0 Å². The van der Waals surface area contributed by atoms with Gasteiger partial charge in [-0.25, -0.2) is 0 Å². The molecule has 0 aliphatic rings. The number of rotatable bonds is 4. The van der Waals surface area contributed by atoms with Crippen LogP contribution in [0.2, 0.25) is 0 Å². The minimum Gasteiger partial charge on any atom is -0.549 e. The van der Waals surface area contributed by atoms with Gasteiger partial charge in [0, 0.05) is 22.8 Å². The summed E-state index contributed by atoms with van der Waals surface area (Å²) in [6.45, 7) is 0. The van der Waals surface area contributed by atoms with Crippen LogP contribution in [0.5, 0.6) is 0 Å². The fourth-order valence-electron chi connectivity index (χ4n) is 0.829. The van der Waals surface area contributed by atoms with Crippen LogP contribution in [0.3, 0.4) is 0 Å². The van der Waals surface area contributed by atoms with Crippen molar-refractivity contribution in [3.63, 3.8) is 0 Å². The molecule has 0 bridgehead atoms. The molecule has 0 radical (unpaired) electrons. The molecule has 0 N–H and O–H groups in total. The van der Waals surface area contributed by atoms with Gasteiger partial charge in [0.25, 0.3) is 5.69 Å². The van der Waals surface area contributed by atoms with Gasteiger partial charge in [-0.15, -0.1) is 11.8 Å². The minimum absolute atomic E-state index is 0.0478. The van der Waals surface area contributed by atoms with Gasteiger partial charge < -0.3 is 9.90 Å². The molecule has 0 saturated carbocycles. The van der Waals surface area contributed by atoms with Gasteiger partial charge in [-0.05, 0) is 6.07 Å². The summed E-state index contributed by atoms with van der Waals surface area (Å²) >= 11 is 0.994. The van der Waals surface area contributed by atoms with E-state index >= 15 is 0 Å². The molecular formula is C8H6NO4S-. The maximum atomic E-state index is 10.4. The highest BCUT2D eigenvalue weighted by Gasteiger charge is 2.05. The maximum Gasteiger partial charge on any atom is 0.270 e. The lowest BCUT2D eigenvalue weighted by molar-refractivity contribution is -0.385. The first-order chi connectivity index (χ1) is 6.59. The van der Waals surface area contributed by atoms with Gasteiger partial charge in [-0.2, -0.15) is 0 Å². The summed E-state index contributed by atoms with van der Waals surface area (Å²) in [6, 6.07) is 5.80. The fourth-order valence-corrected chi connectivity index (χ4v) is 1.49. The maximum absolute atomic E-state index is 10.4. The van der Waals surface area contributed by atoms with Crippen LogP contribution in [0.4, 0.5) is 5.69 Å². The van der Waals surface area contributed by atoms with E-state index < -0.39 is 10.9 Å². The molecule has 1 aromatic carbocycles. The van der Waals surface area contributed by atoms with Gasteiger partial charge >= 0.3 is 0 Å². The number of carboxylic acid groups (broad SMARTS) is 1. The Bertz CT molecular complexity index is 366. The van der Waals surface area contributed by atoms with Crippen LogP contribution in [0.15, 0.2) is 29.2 Å². The molecule has 0 aliphatic carbocycles. The van der Waals surface area contributed by atoms with Crippen molar-refractivity contribution in [3.8, 4) is 0 Å². The third-order valence-electron chi connectivity index (χ3n) is 1.39. The predicted molar refractivity (Wildman–Crippen MR) is 48.8 cm³/mol. The fraction of sp³-hybridized carbons (Fsp3) is 0.125. The van der Waals surface area contributed by atoms with E-state index in [2.05, 4.69) is 0 Å². The first-order valence-electron chi connectivity index (χ1n) is 3.66. The lowest BCUT2D eigenvalue weighted by Crippen LogP contribution is -2.24. The summed E-state index contributed by atoms with van der Waals surface area (Å²) in [5.74, 6) is -1.40. The number of hydrogen-bond donors (Lipinski definition) is 0. The molecule has 1 rings (SSSR count). The molecule has 1 aromatic rings.